The lowest BCUT2D eigenvalue weighted by Crippen LogP contribution is -2.36. The summed E-state index contributed by atoms with van der Waals surface area (Å²) in [5.74, 6) is 0.707. The summed E-state index contributed by atoms with van der Waals surface area (Å²) in [6.07, 6.45) is 0. The van der Waals surface area contributed by atoms with Crippen LogP contribution in [0.4, 0.5) is 5.69 Å². The maximum absolute atomic E-state index is 12.5. The van der Waals surface area contributed by atoms with Crippen LogP contribution in [0.2, 0.25) is 10.0 Å². The molecule has 146 valence electrons. The van der Waals surface area contributed by atoms with E-state index < -0.39 is 4.92 Å². The zero-order valence-corrected chi connectivity index (χ0v) is 16.8. The summed E-state index contributed by atoms with van der Waals surface area (Å²) in [4.78, 5) is 28.7. The molecule has 0 fully saturated rings. The number of carbonyl (C=O) groups is 1. The summed E-state index contributed by atoms with van der Waals surface area (Å²) in [7, 11) is 0. The van der Waals surface area contributed by atoms with Gasteiger partial charge < -0.3 is 4.74 Å². The number of thioether (sulfide) groups is 1. The lowest BCUT2D eigenvalue weighted by Gasteiger charge is -2.18. The maximum Gasteiger partial charge on any atom is 0.269 e. The SMILES string of the molecule is O=C(COc1ccc(Cl)cc1Cl)N1CCN=C1SCc1ccc([N+](=O)[O-])cc1. The highest BCUT2D eigenvalue weighted by atomic mass is 35.5. The number of halogens is 2. The molecule has 0 unspecified atom stereocenters. The molecule has 1 amide bonds. The van der Waals surface area contributed by atoms with Crippen molar-refractivity contribution in [3.8, 4) is 5.75 Å². The van der Waals surface area contributed by atoms with Crippen molar-refractivity contribution in [3.05, 3.63) is 68.2 Å². The standard InChI is InChI=1S/C18H15Cl2N3O4S/c19-13-3-6-16(15(20)9-13)27-10-17(24)22-8-7-21-18(22)28-11-12-1-4-14(5-2-12)23(25)26/h1-6,9H,7-8,10-11H2. The summed E-state index contributed by atoms with van der Waals surface area (Å²) in [6.45, 7) is 0.841. The second-order valence-corrected chi connectivity index (χ2v) is 7.57. The van der Waals surface area contributed by atoms with E-state index in [0.29, 0.717) is 39.8 Å². The summed E-state index contributed by atoms with van der Waals surface area (Å²) >= 11 is 13.3. The number of ether oxygens (including phenoxy) is 1. The van der Waals surface area contributed by atoms with Crippen LogP contribution in [-0.4, -0.2) is 40.6 Å². The predicted octanol–water partition coefficient (Wildman–Crippen LogP) is 4.41. The Morgan fingerprint density at radius 1 is 1.25 bits per heavy atom. The normalized spacial score (nSPS) is 13.4. The van der Waals surface area contributed by atoms with Gasteiger partial charge in [-0.2, -0.15) is 0 Å². The Kier molecular flexibility index (Phi) is 6.77. The summed E-state index contributed by atoms with van der Waals surface area (Å²) in [5.41, 5.74) is 0.948. The molecule has 0 saturated carbocycles. The van der Waals surface area contributed by atoms with Crippen LogP contribution in [0.15, 0.2) is 47.5 Å². The van der Waals surface area contributed by atoms with Gasteiger partial charge in [0.15, 0.2) is 11.8 Å². The second kappa shape index (κ2) is 9.27. The summed E-state index contributed by atoms with van der Waals surface area (Å²) in [6, 6.07) is 11.1. The van der Waals surface area contributed by atoms with Gasteiger partial charge in [0, 0.05) is 29.5 Å². The van der Waals surface area contributed by atoms with Gasteiger partial charge in [-0.25, -0.2) is 0 Å². The summed E-state index contributed by atoms with van der Waals surface area (Å²) < 4.78 is 5.50. The summed E-state index contributed by atoms with van der Waals surface area (Å²) in [5, 5.41) is 12.1. The lowest BCUT2D eigenvalue weighted by atomic mass is 10.2. The number of amides is 1. The van der Waals surface area contributed by atoms with Crippen molar-refractivity contribution in [2.45, 2.75) is 5.75 Å². The van der Waals surface area contributed by atoms with Crippen molar-refractivity contribution >= 4 is 51.7 Å². The topological polar surface area (TPSA) is 85.0 Å². The van der Waals surface area contributed by atoms with Gasteiger partial charge in [-0.15, -0.1) is 0 Å². The van der Waals surface area contributed by atoms with Gasteiger partial charge in [0.25, 0.3) is 11.6 Å². The molecule has 1 aliphatic rings. The van der Waals surface area contributed by atoms with E-state index in [1.807, 2.05) is 0 Å². The Labute approximate surface area is 175 Å². The first-order valence-electron chi connectivity index (χ1n) is 8.23. The molecular weight excluding hydrogens is 425 g/mol. The van der Waals surface area contributed by atoms with E-state index in [4.69, 9.17) is 27.9 Å². The number of aliphatic imine (C=N–C) groups is 1. The minimum absolute atomic E-state index is 0.0433. The van der Waals surface area contributed by atoms with Crippen molar-refractivity contribution in [3.63, 3.8) is 0 Å². The molecule has 0 saturated heterocycles. The minimum Gasteiger partial charge on any atom is -0.482 e. The highest BCUT2D eigenvalue weighted by molar-refractivity contribution is 8.13. The third-order valence-corrected chi connectivity index (χ3v) is 5.48. The first kappa shape index (κ1) is 20.4. The molecule has 0 radical (unpaired) electrons. The first-order valence-corrected chi connectivity index (χ1v) is 9.97. The Hall–Kier alpha value is -2.29. The third kappa shape index (κ3) is 5.15. The fourth-order valence-corrected chi connectivity index (χ4v) is 3.94. The van der Waals surface area contributed by atoms with Crippen molar-refractivity contribution in [1.82, 2.24) is 4.90 Å². The number of benzene rings is 2. The van der Waals surface area contributed by atoms with Gasteiger partial charge in [0.05, 0.1) is 16.5 Å². The molecule has 7 nitrogen and oxygen atoms in total. The molecule has 0 atom stereocenters. The highest BCUT2D eigenvalue weighted by Gasteiger charge is 2.24. The van der Waals surface area contributed by atoms with E-state index in [0.717, 1.165) is 5.56 Å². The van der Waals surface area contributed by atoms with Crippen LogP contribution >= 0.6 is 35.0 Å². The molecule has 0 aliphatic carbocycles. The van der Waals surface area contributed by atoms with E-state index >= 15 is 0 Å². The van der Waals surface area contributed by atoms with E-state index in [2.05, 4.69) is 4.99 Å². The van der Waals surface area contributed by atoms with Crippen molar-refractivity contribution < 1.29 is 14.5 Å². The van der Waals surface area contributed by atoms with Crippen LogP contribution in [-0.2, 0) is 10.5 Å². The average Bonchev–Trinajstić information content (AvgIpc) is 3.14. The molecule has 2 aromatic rings. The number of hydrogen-bond acceptors (Lipinski definition) is 6. The quantitative estimate of drug-likeness (QED) is 0.491. The molecule has 10 heteroatoms. The monoisotopic (exact) mass is 439 g/mol. The number of nitro groups is 1. The number of rotatable bonds is 6. The number of hydrogen-bond donors (Lipinski definition) is 0. The van der Waals surface area contributed by atoms with Gasteiger partial charge in [0.2, 0.25) is 0 Å². The zero-order valence-electron chi connectivity index (χ0n) is 14.5. The second-order valence-electron chi connectivity index (χ2n) is 5.79. The molecule has 0 spiro atoms. The fourth-order valence-electron chi connectivity index (χ4n) is 2.45. The van der Waals surface area contributed by atoms with E-state index in [1.165, 1.54) is 23.9 Å². The maximum atomic E-state index is 12.5. The first-order chi connectivity index (χ1) is 13.4. The number of amidine groups is 1. The lowest BCUT2D eigenvalue weighted by molar-refractivity contribution is -0.384. The molecule has 1 aliphatic heterocycles. The fraction of sp³-hybridized carbons (Fsp3) is 0.222. The van der Waals surface area contributed by atoms with Gasteiger partial charge in [-0.05, 0) is 23.8 Å². The molecule has 1 heterocycles. The van der Waals surface area contributed by atoms with Crippen LogP contribution < -0.4 is 4.74 Å². The van der Waals surface area contributed by atoms with E-state index in [9.17, 15) is 14.9 Å². The van der Waals surface area contributed by atoms with Crippen LogP contribution in [0.5, 0.6) is 5.75 Å². The smallest absolute Gasteiger partial charge is 0.269 e. The van der Waals surface area contributed by atoms with E-state index in [1.54, 1.807) is 35.2 Å². The molecule has 0 bridgehead atoms. The van der Waals surface area contributed by atoms with Crippen molar-refractivity contribution in [2.75, 3.05) is 19.7 Å². The third-order valence-electron chi connectivity index (χ3n) is 3.86. The molecule has 3 rings (SSSR count). The Morgan fingerprint density at radius 3 is 2.68 bits per heavy atom. The van der Waals surface area contributed by atoms with Gasteiger partial charge in [-0.1, -0.05) is 47.1 Å². The predicted molar refractivity (Wildman–Crippen MR) is 110 cm³/mol. The largest absolute Gasteiger partial charge is 0.482 e. The van der Waals surface area contributed by atoms with Crippen LogP contribution in [0.3, 0.4) is 0 Å². The van der Waals surface area contributed by atoms with Crippen LogP contribution in [0.25, 0.3) is 0 Å². The van der Waals surface area contributed by atoms with E-state index in [-0.39, 0.29) is 18.2 Å². The highest BCUT2D eigenvalue weighted by Crippen LogP contribution is 2.28. The van der Waals surface area contributed by atoms with Crippen LogP contribution in [0, 0.1) is 10.1 Å². The molecule has 0 aromatic heterocycles. The molecule has 0 N–H and O–H groups in total. The Balaban J connectivity index is 1.54. The van der Waals surface area contributed by atoms with Crippen LogP contribution in [0.1, 0.15) is 5.56 Å². The minimum atomic E-state index is -0.439. The van der Waals surface area contributed by atoms with Crippen molar-refractivity contribution in [1.29, 1.82) is 0 Å². The Bertz CT molecular complexity index is 922. The number of nitrogens with zero attached hydrogens (tertiary/aromatic N) is 3. The van der Waals surface area contributed by atoms with Gasteiger partial charge in [0.1, 0.15) is 5.75 Å². The average molecular weight is 440 g/mol. The van der Waals surface area contributed by atoms with Crippen molar-refractivity contribution in [2.24, 2.45) is 4.99 Å². The zero-order chi connectivity index (χ0) is 20.1. The molecular formula is C18H15Cl2N3O4S. The number of carbonyl (C=O) groups excluding carboxylic acids is 1. The Morgan fingerprint density at radius 2 is 2.00 bits per heavy atom. The van der Waals surface area contributed by atoms with Gasteiger partial charge in [-0.3, -0.25) is 24.8 Å². The number of nitro benzene ring substituents is 1. The van der Waals surface area contributed by atoms with Gasteiger partial charge >= 0.3 is 0 Å². The number of non-ortho nitro benzene ring substituents is 1. The molecule has 28 heavy (non-hydrogen) atoms. The molecule has 2 aromatic carbocycles.